The highest BCUT2D eigenvalue weighted by Crippen LogP contribution is 2.14. The second-order valence-electron chi connectivity index (χ2n) is 19.0. The van der Waals surface area contributed by atoms with Gasteiger partial charge in [0.25, 0.3) is 0 Å². The lowest BCUT2D eigenvalue weighted by molar-refractivity contribution is -0.144. The molecule has 29 nitrogen and oxygen atoms in total. The molecule has 0 aliphatic rings. The molecule has 0 fully saturated rings. The lowest BCUT2D eigenvalue weighted by Crippen LogP contribution is -2.61. The molecule has 29 heteroatoms. The summed E-state index contributed by atoms with van der Waals surface area (Å²) in [5.74, 6) is -13.1. The van der Waals surface area contributed by atoms with Gasteiger partial charge in [-0.15, -0.1) is 0 Å². The predicted molar refractivity (Wildman–Crippen MR) is 274 cm³/mol. The van der Waals surface area contributed by atoms with Crippen molar-refractivity contribution < 1.29 is 78.0 Å². The zero-order valence-corrected chi connectivity index (χ0v) is 44.2. The third-order valence-electron chi connectivity index (χ3n) is 11.9. The van der Waals surface area contributed by atoms with Crippen LogP contribution in [0.5, 0.6) is 5.75 Å². The minimum Gasteiger partial charge on any atom is -0.508 e. The van der Waals surface area contributed by atoms with Crippen LogP contribution in [0.25, 0.3) is 0 Å². The number of amides is 11. The molecule has 1 aromatic carbocycles. The number of aromatic hydroxyl groups is 1. The fraction of sp³-hybridized carbons (Fsp3) is 0.625. The number of phenols is 1. The van der Waals surface area contributed by atoms with Gasteiger partial charge < -0.3 is 91.2 Å². The van der Waals surface area contributed by atoms with E-state index in [2.05, 4.69) is 42.5 Å². The summed E-state index contributed by atoms with van der Waals surface area (Å²) in [6.45, 7) is 7.48. The van der Waals surface area contributed by atoms with Gasteiger partial charge in [-0.05, 0) is 82.0 Å². The molecule has 77 heavy (non-hydrogen) atoms. The first-order valence-electron chi connectivity index (χ1n) is 25.1. The number of aliphatic hydroxyl groups is 2. The number of hydrogen-bond donors (Lipinski definition) is 17. The number of phenolic OH excluding ortho intramolecular Hbond substituents is 1. The molecule has 0 saturated heterocycles. The van der Waals surface area contributed by atoms with E-state index in [0.717, 1.165) is 0 Å². The van der Waals surface area contributed by atoms with Crippen LogP contribution < -0.4 is 70.8 Å². The standard InChI is InChI=1S/C48H79N13O16/c1-7-24(4)38(47(75)53-26(6)40(68)59-34(21-62)46(74)58-33(48(76)77)20-37(52)66)61-42(70)30(15-16-36(51)65)55-41(69)29(10-8-9-17-49)54-45(73)35(22-63)60-43(71)31(18-23(2)3)57-44(72)32(56-39(67)25(5)50)19-27-11-13-28(64)14-12-27/h11-14,23-26,29-35,38,62-64H,7-10,15-22,49-50H2,1-6H3,(H2,51,65)(H2,52,66)(H,53,75)(H,54,73)(H,55,69)(H,56,67)(H,57,72)(H,58,74)(H,59,68)(H,60,71)(H,61,70)(H,76,77). The molecule has 21 N–H and O–H groups in total. The number of aliphatic hydroxyl groups excluding tert-OH is 2. The van der Waals surface area contributed by atoms with Crippen molar-refractivity contribution in [2.75, 3.05) is 19.8 Å². The van der Waals surface area contributed by atoms with E-state index in [1.807, 2.05) is 5.32 Å². The topological polar surface area (TPSA) is 498 Å². The summed E-state index contributed by atoms with van der Waals surface area (Å²) in [6.07, 6.45) is -0.979. The first-order chi connectivity index (χ1) is 36.1. The van der Waals surface area contributed by atoms with Gasteiger partial charge >= 0.3 is 5.97 Å². The van der Waals surface area contributed by atoms with Crippen LogP contribution >= 0.6 is 0 Å². The number of primary amides is 2. The molecule has 11 atom stereocenters. The van der Waals surface area contributed by atoms with Crippen LogP contribution in [0.1, 0.15) is 98.5 Å². The van der Waals surface area contributed by atoms with Crippen molar-refractivity contribution >= 4 is 70.9 Å². The van der Waals surface area contributed by atoms with Crippen molar-refractivity contribution in [3.8, 4) is 5.75 Å². The molecule has 0 heterocycles. The summed E-state index contributed by atoms with van der Waals surface area (Å²) in [4.78, 5) is 156. The number of nitrogens with one attached hydrogen (secondary N) is 9. The number of benzene rings is 1. The second-order valence-corrected chi connectivity index (χ2v) is 19.0. The van der Waals surface area contributed by atoms with Gasteiger partial charge in [-0.3, -0.25) is 52.7 Å². The molecule has 432 valence electrons. The highest BCUT2D eigenvalue weighted by atomic mass is 16.4. The number of rotatable bonds is 36. The molecule has 1 aromatic rings. The Kier molecular flexibility index (Phi) is 30.0. The molecule has 0 aliphatic carbocycles. The van der Waals surface area contributed by atoms with Crippen molar-refractivity contribution in [3.63, 3.8) is 0 Å². The number of nitrogens with two attached hydrogens (primary N) is 4. The van der Waals surface area contributed by atoms with Gasteiger partial charge in [-0.1, -0.05) is 46.2 Å². The average molecular weight is 1090 g/mol. The lowest BCUT2D eigenvalue weighted by Gasteiger charge is -2.29. The van der Waals surface area contributed by atoms with E-state index in [0.29, 0.717) is 12.0 Å². The van der Waals surface area contributed by atoms with Gasteiger partial charge in [0.15, 0.2) is 0 Å². The highest BCUT2D eigenvalue weighted by Gasteiger charge is 2.36. The maximum Gasteiger partial charge on any atom is 0.326 e. The van der Waals surface area contributed by atoms with Crippen LogP contribution in [0.2, 0.25) is 0 Å². The number of carbonyl (C=O) groups excluding carboxylic acids is 11. The summed E-state index contributed by atoms with van der Waals surface area (Å²) in [6, 6.07) is -8.98. The van der Waals surface area contributed by atoms with Crippen molar-refractivity contribution in [2.45, 2.75) is 160 Å². The Morgan fingerprint density at radius 1 is 0.532 bits per heavy atom. The normalized spacial score (nSPS) is 15.4. The Labute approximate surface area is 445 Å². The first kappa shape index (κ1) is 67.5. The maximum absolute atomic E-state index is 14.1. The number of carboxylic acid groups (broad SMARTS) is 1. The van der Waals surface area contributed by atoms with Crippen LogP contribution in [0.3, 0.4) is 0 Å². The Morgan fingerprint density at radius 3 is 1.47 bits per heavy atom. The van der Waals surface area contributed by atoms with Gasteiger partial charge in [0, 0.05) is 12.8 Å². The van der Waals surface area contributed by atoms with Crippen LogP contribution in [0, 0.1) is 11.8 Å². The SMILES string of the molecule is CCC(C)C(NC(=O)C(CCC(N)=O)NC(=O)C(CCCCN)NC(=O)C(CO)NC(=O)C(CC(C)C)NC(=O)C(Cc1ccc(O)cc1)NC(=O)C(C)N)C(=O)NC(C)C(=O)NC(CO)C(=O)NC(CC(N)=O)C(=O)O. The molecule has 0 aromatic heterocycles. The highest BCUT2D eigenvalue weighted by molar-refractivity contribution is 5.99. The summed E-state index contributed by atoms with van der Waals surface area (Å²) >= 11 is 0. The van der Waals surface area contributed by atoms with E-state index < -0.39 is 170 Å². The summed E-state index contributed by atoms with van der Waals surface area (Å²) in [7, 11) is 0. The van der Waals surface area contributed by atoms with Crippen molar-refractivity contribution in [1.29, 1.82) is 0 Å². The average Bonchev–Trinajstić information content (AvgIpc) is 3.35. The molecule has 0 saturated carbocycles. The number of carboxylic acids is 1. The Hall–Kier alpha value is -7.50. The van der Waals surface area contributed by atoms with Gasteiger partial charge in [0.2, 0.25) is 65.0 Å². The van der Waals surface area contributed by atoms with Gasteiger partial charge in [-0.2, -0.15) is 0 Å². The van der Waals surface area contributed by atoms with Crippen molar-refractivity contribution in [3.05, 3.63) is 29.8 Å². The van der Waals surface area contributed by atoms with E-state index in [-0.39, 0.29) is 50.3 Å². The number of hydrogen-bond acceptors (Lipinski definition) is 17. The molecule has 11 unspecified atom stereocenters. The number of carbonyl (C=O) groups is 12. The van der Waals surface area contributed by atoms with Gasteiger partial charge in [0.1, 0.15) is 60.1 Å². The largest absolute Gasteiger partial charge is 0.508 e. The van der Waals surface area contributed by atoms with E-state index in [9.17, 15) is 78.0 Å². The fourth-order valence-corrected chi connectivity index (χ4v) is 7.17. The van der Waals surface area contributed by atoms with Crippen LogP contribution in [0.4, 0.5) is 0 Å². The summed E-state index contributed by atoms with van der Waals surface area (Å²) < 4.78 is 0. The second kappa shape index (κ2) is 34.2. The molecule has 0 spiro atoms. The molecule has 0 bridgehead atoms. The smallest absolute Gasteiger partial charge is 0.326 e. The van der Waals surface area contributed by atoms with Crippen molar-refractivity contribution in [1.82, 2.24) is 47.9 Å². The number of unbranched alkanes of at least 4 members (excludes halogenated alkanes) is 1. The van der Waals surface area contributed by atoms with E-state index in [4.69, 9.17) is 22.9 Å². The molecular weight excluding hydrogens is 1010 g/mol. The first-order valence-corrected chi connectivity index (χ1v) is 25.1. The zero-order valence-electron chi connectivity index (χ0n) is 44.2. The maximum atomic E-state index is 14.1. The van der Waals surface area contributed by atoms with Gasteiger partial charge in [0.05, 0.1) is 25.7 Å². The minimum atomic E-state index is -1.79. The van der Waals surface area contributed by atoms with Gasteiger partial charge in [-0.25, -0.2) is 4.79 Å². The Balaban J connectivity index is 3.37. The number of aliphatic carboxylic acids is 1. The molecule has 11 amide bonds. The molecule has 0 radical (unpaired) electrons. The molecular formula is C48H79N13O16. The third kappa shape index (κ3) is 24.8. The molecule has 1 rings (SSSR count). The van der Waals surface area contributed by atoms with Crippen LogP contribution in [-0.2, 0) is 64.0 Å². The zero-order chi connectivity index (χ0) is 58.7. The molecule has 0 aliphatic heterocycles. The Bertz CT molecular complexity index is 2200. The predicted octanol–water partition coefficient (Wildman–Crippen LogP) is -5.90. The quantitative estimate of drug-likeness (QED) is 0.0278. The fourth-order valence-electron chi connectivity index (χ4n) is 7.17. The van der Waals surface area contributed by atoms with E-state index in [1.165, 1.54) is 38.1 Å². The minimum absolute atomic E-state index is 0.0160. The van der Waals surface area contributed by atoms with E-state index in [1.54, 1.807) is 27.7 Å². The third-order valence-corrected chi connectivity index (χ3v) is 11.9. The lowest BCUT2D eigenvalue weighted by atomic mass is 9.97. The van der Waals surface area contributed by atoms with Crippen molar-refractivity contribution in [2.24, 2.45) is 34.8 Å². The Morgan fingerprint density at radius 2 is 0.987 bits per heavy atom. The van der Waals surface area contributed by atoms with Crippen LogP contribution in [0.15, 0.2) is 24.3 Å². The summed E-state index contributed by atoms with van der Waals surface area (Å²) in [5, 5.41) is 60.7. The van der Waals surface area contributed by atoms with E-state index >= 15 is 0 Å². The summed E-state index contributed by atoms with van der Waals surface area (Å²) in [5.41, 5.74) is 22.4. The monoisotopic (exact) mass is 1090 g/mol. The van der Waals surface area contributed by atoms with Crippen LogP contribution in [-0.4, -0.2) is 172 Å².